The molecule has 1 amide bonds. The molecule has 2 N–H and O–H groups in total. The first-order chi connectivity index (χ1) is 14.2. The third-order valence-electron chi connectivity index (χ3n) is 5.58. The van der Waals surface area contributed by atoms with E-state index in [4.69, 9.17) is 4.74 Å². The minimum Gasteiger partial charge on any atom is -0.379 e. The Morgan fingerprint density at radius 3 is 2.66 bits per heavy atom. The molecule has 152 valence electrons. The van der Waals surface area contributed by atoms with Crippen molar-refractivity contribution < 1.29 is 9.53 Å². The van der Waals surface area contributed by atoms with Crippen LogP contribution in [0.2, 0.25) is 0 Å². The zero-order chi connectivity index (χ0) is 20.1. The summed E-state index contributed by atoms with van der Waals surface area (Å²) in [6, 6.07) is 14.9. The van der Waals surface area contributed by atoms with Crippen LogP contribution in [-0.2, 0) is 16.0 Å². The van der Waals surface area contributed by atoms with Gasteiger partial charge >= 0.3 is 0 Å². The first kappa shape index (κ1) is 19.7. The molecule has 0 saturated carbocycles. The number of aromatic amines is 1. The van der Waals surface area contributed by atoms with Crippen LogP contribution in [0, 0.1) is 6.92 Å². The van der Waals surface area contributed by atoms with E-state index >= 15 is 0 Å². The molecule has 0 atom stereocenters. The van der Waals surface area contributed by atoms with Gasteiger partial charge in [-0.25, -0.2) is 0 Å². The SMILES string of the molecule is Cc1ccc(-c2ccc3c(CC(=O)NCCCN4CCOCC4)c[nH]c3c2)cc1. The van der Waals surface area contributed by atoms with E-state index in [9.17, 15) is 4.79 Å². The molecule has 1 aromatic heterocycles. The van der Waals surface area contributed by atoms with Gasteiger partial charge in [-0.3, -0.25) is 9.69 Å². The topological polar surface area (TPSA) is 57.4 Å². The number of hydrogen-bond acceptors (Lipinski definition) is 3. The fourth-order valence-electron chi connectivity index (χ4n) is 3.85. The van der Waals surface area contributed by atoms with Gasteiger partial charge in [0.1, 0.15) is 0 Å². The van der Waals surface area contributed by atoms with Crippen molar-refractivity contribution in [2.24, 2.45) is 0 Å². The zero-order valence-corrected chi connectivity index (χ0v) is 17.0. The van der Waals surface area contributed by atoms with E-state index in [2.05, 4.69) is 64.6 Å². The molecule has 1 aliphatic rings. The van der Waals surface area contributed by atoms with Crippen molar-refractivity contribution in [2.45, 2.75) is 19.8 Å². The van der Waals surface area contributed by atoms with Crippen LogP contribution in [-0.4, -0.2) is 55.2 Å². The highest BCUT2D eigenvalue weighted by atomic mass is 16.5. The molecule has 1 fully saturated rings. The average molecular weight is 392 g/mol. The van der Waals surface area contributed by atoms with Crippen LogP contribution in [0.1, 0.15) is 17.5 Å². The molecule has 3 aromatic rings. The average Bonchev–Trinajstić information content (AvgIpc) is 3.14. The maximum atomic E-state index is 12.4. The number of carbonyl (C=O) groups excluding carboxylic acids is 1. The number of aromatic nitrogens is 1. The van der Waals surface area contributed by atoms with Gasteiger partial charge < -0.3 is 15.0 Å². The molecule has 0 radical (unpaired) electrons. The number of carbonyl (C=O) groups is 1. The Kier molecular flexibility index (Phi) is 6.27. The Morgan fingerprint density at radius 1 is 1.10 bits per heavy atom. The monoisotopic (exact) mass is 391 g/mol. The number of ether oxygens (including phenoxy) is 1. The predicted octanol–water partition coefficient (Wildman–Crippen LogP) is 3.52. The van der Waals surface area contributed by atoms with Gasteiger partial charge in [0, 0.05) is 36.7 Å². The van der Waals surface area contributed by atoms with Gasteiger partial charge in [0.2, 0.25) is 5.91 Å². The van der Waals surface area contributed by atoms with Gasteiger partial charge in [-0.15, -0.1) is 0 Å². The summed E-state index contributed by atoms with van der Waals surface area (Å²) in [7, 11) is 0. The van der Waals surface area contributed by atoms with Crippen molar-refractivity contribution >= 4 is 16.8 Å². The quantitative estimate of drug-likeness (QED) is 0.606. The van der Waals surface area contributed by atoms with Gasteiger partial charge in [0.15, 0.2) is 0 Å². The van der Waals surface area contributed by atoms with Crippen molar-refractivity contribution in [3.05, 3.63) is 59.8 Å². The van der Waals surface area contributed by atoms with Crippen molar-refractivity contribution in [3.8, 4) is 11.1 Å². The Bertz CT molecular complexity index is 956. The van der Waals surface area contributed by atoms with Gasteiger partial charge in [-0.05, 0) is 42.6 Å². The summed E-state index contributed by atoms with van der Waals surface area (Å²) in [5.41, 5.74) is 5.75. The van der Waals surface area contributed by atoms with Gasteiger partial charge in [0.05, 0.1) is 19.6 Å². The van der Waals surface area contributed by atoms with Crippen molar-refractivity contribution in [2.75, 3.05) is 39.4 Å². The lowest BCUT2D eigenvalue weighted by molar-refractivity contribution is -0.120. The summed E-state index contributed by atoms with van der Waals surface area (Å²) < 4.78 is 5.36. The molecule has 1 saturated heterocycles. The summed E-state index contributed by atoms with van der Waals surface area (Å²) >= 11 is 0. The third-order valence-corrected chi connectivity index (χ3v) is 5.58. The lowest BCUT2D eigenvalue weighted by atomic mass is 10.0. The number of H-pyrrole nitrogens is 1. The Morgan fingerprint density at radius 2 is 1.86 bits per heavy atom. The van der Waals surface area contributed by atoms with Crippen LogP contribution < -0.4 is 5.32 Å². The predicted molar refractivity (Wildman–Crippen MR) is 117 cm³/mol. The van der Waals surface area contributed by atoms with E-state index in [1.807, 2.05) is 6.20 Å². The van der Waals surface area contributed by atoms with Crippen LogP contribution in [0.4, 0.5) is 0 Å². The maximum absolute atomic E-state index is 12.4. The highest BCUT2D eigenvalue weighted by Gasteiger charge is 2.11. The fraction of sp³-hybridized carbons (Fsp3) is 0.375. The third kappa shape index (κ3) is 5.05. The molecule has 2 aromatic carbocycles. The van der Waals surface area contributed by atoms with Gasteiger partial charge in [-0.1, -0.05) is 42.0 Å². The molecule has 1 aliphatic heterocycles. The Hall–Kier alpha value is -2.63. The van der Waals surface area contributed by atoms with E-state index < -0.39 is 0 Å². The fourth-order valence-corrected chi connectivity index (χ4v) is 3.85. The number of rotatable bonds is 7. The first-order valence-corrected chi connectivity index (χ1v) is 10.4. The Labute approximate surface area is 172 Å². The molecule has 0 unspecified atom stereocenters. The van der Waals surface area contributed by atoms with E-state index in [1.54, 1.807) is 0 Å². The molecule has 0 aliphatic carbocycles. The first-order valence-electron chi connectivity index (χ1n) is 10.4. The van der Waals surface area contributed by atoms with Crippen LogP contribution in [0.25, 0.3) is 22.0 Å². The smallest absolute Gasteiger partial charge is 0.224 e. The molecule has 5 nitrogen and oxygen atoms in total. The summed E-state index contributed by atoms with van der Waals surface area (Å²) in [5.74, 6) is 0.0792. The summed E-state index contributed by atoms with van der Waals surface area (Å²) in [6.45, 7) is 7.45. The maximum Gasteiger partial charge on any atom is 0.224 e. The second-order valence-electron chi connectivity index (χ2n) is 7.77. The number of nitrogens with one attached hydrogen (secondary N) is 2. The second kappa shape index (κ2) is 9.25. The van der Waals surface area contributed by atoms with Crippen LogP contribution in [0.3, 0.4) is 0 Å². The minimum atomic E-state index is 0.0792. The summed E-state index contributed by atoms with van der Waals surface area (Å²) in [6.07, 6.45) is 3.33. The van der Waals surface area contributed by atoms with Crippen molar-refractivity contribution in [1.29, 1.82) is 0 Å². The van der Waals surface area contributed by atoms with Crippen LogP contribution >= 0.6 is 0 Å². The zero-order valence-electron chi connectivity index (χ0n) is 17.0. The second-order valence-corrected chi connectivity index (χ2v) is 7.77. The molecule has 29 heavy (non-hydrogen) atoms. The van der Waals surface area contributed by atoms with Crippen LogP contribution in [0.5, 0.6) is 0 Å². The molecule has 5 heteroatoms. The molecular weight excluding hydrogens is 362 g/mol. The van der Waals surface area contributed by atoms with Crippen molar-refractivity contribution in [3.63, 3.8) is 0 Å². The molecule has 2 heterocycles. The van der Waals surface area contributed by atoms with Crippen molar-refractivity contribution in [1.82, 2.24) is 15.2 Å². The van der Waals surface area contributed by atoms with E-state index in [-0.39, 0.29) is 5.91 Å². The summed E-state index contributed by atoms with van der Waals surface area (Å²) in [5, 5.41) is 4.17. The van der Waals surface area contributed by atoms with E-state index in [0.29, 0.717) is 6.42 Å². The molecule has 0 spiro atoms. The number of hydrogen-bond donors (Lipinski definition) is 2. The standard InChI is InChI=1S/C24H29N3O2/c1-18-3-5-19(6-4-18)20-7-8-22-21(17-26-23(22)15-20)16-24(28)25-9-2-10-27-11-13-29-14-12-27/h3-8,15,17,26H,2,9-14,16H2,1H3,(H,25,28). The highest BCUT2D eigenvalue weighted by Crippen LogP contribution is 2.26. The van der Waals surface area contributed by atoms with Crippen LogP contribution in [0.15, 0.2) is 48.7 Å². The van der Waals surface area contributed by atoms with Gasteiger partial charge in [-0.2, -0.15) is 0 Å². The molecule has 0 bridgehead atoms. The number of amides is 1. The number of benzene rings is 2. The lowest BCUT2D eigenvalue weighted by Gasteiger charge is -2.26. The molecular formula is C24H29N3O2. The Balaban J connectivity index is 1.32. The van der Waals surface area contributed by atoms with E-state index in [0.717, 1.165) is 62.3 Å². The largest absolute Gasteiger partial charge is 0.379 e. The highest BCUT2D eigenvalue weighted by molar-refractivity contribution is 5.91. The number of morpholine rings is 1. The lowest BCUT2D eigenvalue weighted by Crippen LogP contribution is -2.38. The number of nitrogens with zero attached hydrogens (tertiary/aromatic N) is 1. The van der Waals surface area contributed by atoms with E-state index in [1.165, 1.54) is 16.7 Å². The molecule has 4 rings (SSSR count). The van der Waals surface area contributed by atoms with Gasteiger partial charge in [0.25, 0.3) is 0 Å². The summed E-state index contributed by atoms with van der Waals surface area (Å²) in [4.78, 5) is 18.1. The number of aryl methyl sites for hydroxylation is 1. The normalized spacial score (nSPS) is 14.9. The minimum absolute atomic E-state index is 0.0792. The number of fused-ring (bicyclic) bond motifs is 1.